The van der Waals surface area contributed by atoms with Crippen molar-refractivity contribution in [1.29, 1.82) is 0 Å². The van der Waals surface area contributed by atoms with Crippen molar-refractivity contribution >= 4 is 0 Å². The quantitative estimate of drug-likeness (QED) is 0.859. The van der Waals surface area contributed by atoms with E-state index in [1.54, 1.807) is 0 Å². The zero-order valence-electron chi connectivity index (χ0n) is 15.0. The Bertz CT molecular complexity index is 720. The first-order valence-corrected chi connectivity index (χ1v) is 9.17. The zero-order valence-corrected chi connectivity index (χ0v) is 15.0. The highest BCUT2D eigenvalue weighted by Crippen LogP contribution is 2.40. The van der Waals surface area contributed by atoms with E-state index in [0.717, 1.165) is 13.1 Å². The van der Waals surface area contributed by atoms with Crippen LogP contribution in [0.15, 0.2) is 84.2 Å². The van der Waals surface area contributed by atoms with E-state index in [2.05, 4.69) is 97.3 Å². The van der Waals surface area contributed by atoms with Gasteiger partial charge in [-0.15, -0.1) is 0 Å². The van der Waals surface area contributed by atoms with E-state index < -0.39 is 0 Å². The number of rotatable bonds is 4. The highest BCUT2D eigenvalue weighted by atomic mass is 15.0. The molecule has 25 heavy (non-hydrogen) atoms. The van der Waals surface area contributed by atoms with Gasteiger partial charge in [0.05, 0.1) is 0 Å². The smallest absolute Gasteiger partial charge is 0.0434 e. The molecule has 2 aromatic rings. The Morgan fingerprint density at radius 2 is 1.08 bits per heavy atom. The van der Waals surface area contributed by atoms with Crippen LogP contribution in [0.4, 0.5) is 0 Å². The SMILES string of the molecule is CC(C)(C1=CC(c2ccccc2)CN1)C1=C[C@H](c2ccccc2)CN1. The fourth-order valence-electron chi connectivity index (χ4n) is 3.91. The molecule has 2 aliphatic rings. The van der Waals surface area contributed by atoms with Gasteiger partial charge in [0.25, 0.3) is 0 Å². The molecular formula is C23H26N2. The Morgan fingerprint density at radius 3 is 1.48 bits per heavy atom. The molecule has 2 aromatic carbocycles. The van der Waals surface area contributed by atoms with Crippen LogP contribution in [0, 0.1) is 5.41 Å². The summed E-state index contributed by atoms with van der Waals surface area (Å²) in [5, 5.41) is 7.31. The molecular weight excluding hydrogens is 304 g/mol. The van der Waals surface area contributed by atoms with Gasteiger partial charge in [0, 0.05) is 41.7 Å². The van der Waals surface area contributed by atoms with Gasteiger partial charge in [-0.3, -0.25) is 0 Å². The summed E-state index contributed by atoms with van der Waals surface area (Å²) < 4.78 is 0. The van der Waals surface area contributed by atoms with Crippen molar-refractivity contribution in [1.82, 2.24) is 10.6 Å². The number of benzene rings is 2. The van der Waals surface area contributed by atoms with Crippen LogP contribution in [-0.2, 0) is 0 Å². The van der Waals surface area contributed by atoms with Crippen LogP contribution in [0.5, 0.6) is 0 Å². The second-order valence-corrected chi connectivity index (χ2v) is 7.58. The normalized spacial score (nSPS) is 22.8. The van der Waals surface area contributed by atoms with Crippen LogP contribution in [0.3, 0.4) is 0 Å². The van der Waals surface area contributed by atoms with Crippen molar-refractivity contribution in [3.05, 3.63) is 95.3 Å². The van der Waals surface area contributed by atoms with Gasteiger partial charge in [-0.1, -0.05) is 72.8 Å². The molecule has 2 aliphatic heterocycles. The van der Waals surface area contributed by atoms with Gasteiger partial charge in [0.1, 0.15) is 0 Å². The molecule has 0 radical (unpaired) electrons. The van der Waals surface area contributed by atoms with E-state index in [-0.39, 0.29) is 5.41 Å². The van der Waals surface area contributed by atoms with Crippen LogP contribution in [-0.4, -0.2) is 13.1 Å². The fraction of sp³-hybridized carbons (Fsp3) is 0.304. The third-order valence-electron chi connectivity index (χ3n) is 5.56. The zero-order chi connectivity index (χ0) is 17.3. The summed E-state index contributed by atoms with van der Waals surface area (Å²) >= 11 is 0. The topological polar surface area (TPSA) is 24.1 Å². The van der Waals surface area contributed by atoms with Crippen LogP contribution < -0.4 is 10.6 Å². The lowest BCUT2D eigenvalue weighted by Crippen LogP contribution is -2.30. The Hall–Kier alpha value is -2.48. The number of nitrogens with one attached hydrogen (secondary N) is 2. The lowest BCUT2D eigenvalue weighted by molar-refractivity contribution is 0.477. The van der Waals surface area contributed by atoms with Crippen LogP contribution in [0.1, 0.15) is 36.8 Å². The summed E-state index contributed by atoms with van der Waals surface area (Å²) in [6, 6.07) is 21.5. The predicted octanol–water partition coefficient (Wildman–Crippen LogP) is 4.55. The molecule has 0 aliphatic carbocycles. The fourth-order valence-corrected chi connectivity index (χ4v) is 3.91. The van der Waals surface area contributed by atoms with Crippen LogP contribution in [0.2, 0.25) is 0 Å². The van der Waals surface area contributed by atoms with Crippen molar-refractivity contribution in [2.24, 2.45) is 5.41 Å². The molecule has 0 fully saturated rings. The molecule has 0 spiro atoms. The maximum absolute atomic E-state index is 3.66. The first-order valence-electron chi connectivity index (χ1n) is 9.17. The van der Waals surface area contributed by atoms with Crippen molar-refractivity contribution in [2.75, 3.05) is 13.1 Å². The Morgan fingerprint density at radius 1 is 0.680 bits per heavy atom. The predicted molar refractivity (Wildman–Crippen MR) is 104 cm³/mol. The number of hydrogen-bond acceptors (Lipinski definition) is 2. The maximum Gasteiger partial charge on any atom is 0.0434 e. The Kier molecular flexibility index (Phi) is 4.12. The lowest BCUT2D eigenvalue weighted by Gasteiger charge is -2.28. The molecule has 4 rings (SSSR count). The lowest BCUT2D eigenvalue weighted by atomic mass is 9.84. The van der Waals surface area contributed by atoms with Crippen molar-refractivity contribution in [3.8, 4) is 0 Å². The number of hydrogen-bond donors (Lipinski definition) is 2. The molecule has 0 saturated heterocycles. The van der Waals surface area contributed by atoms with Gasteiger partial charge in [-0.25, -0.2) is 0 Å². The van der Waals surface area contributed by atoms with Crippen molar-refractivity contribution in [3.63, 3.8) is 0 Å². The summed E-state index contributed by atoms with van der Waals surface area (Å²) in [5.41, 5.74) is 5.41. The summed E-state index contributed by atoms with van der Waals surface area (Å²) in [5.74, 6) is 0.921. The minimum absolute atomic E-state index is 0.0208. The molecule has 0 aromatic heterocycles. The summed E-state index contributed by atoms with van der Waals surface area (Å²) in [6.45, 7) is 6.59. The first kappa shape index (κ1) is 16.0. The van der Waals surface area contributed by atoms with E-state index in [9.17, 15) is 0 Å². The largest absolute Gasteiger partial charge is 0.387 e. The second-order valence-electron chi connectivity index (χ2n) is 7.58. The van der Waals surface area contributed by atoms with E-state index >= 15 is 0 Å². The first-order chi connectivity index (χ1) is 12.1. The van der Waals surface area contributed by atoms with Gasteiger partial charge in [-0.2, -0.15) is 0 Å². The van der Waals surface area contributed by atoms with Gasteiger partial charge in [0.15, 0.2) is 0 Å². The molecule has 1 unspecified atom stereocenters. The summed E-state index contributed by atoms with van der Waals surface area (Å²) in [7, 11) is 0. The van der Waals surface area contributed by atoms with Gasteiger partial charge in [0.2, 0.25) is 0 Å². The molecule has 0 bridgehead atoms. The van der Waals surface area contributed by atoms with Crippen LogP contribution >= 0.6 is 0 Å². The van der Waals surface area contributed by atoms with Gasteiger partial charge >= 0.3 is 0 Å². The Labute approximate surface area is 150 Å². The van der Waals surface area contributed by atoms with E-state index in [0.29, 0.717) is 11.8 Å². The van der Waals surface area contributed by atoms with Gasteiger partial charge in [-0.05, 0) is 25.0 Å². The minimum Gasteiger partial charge on any atom is -0.387 e. The molecule has 0 amide bonds. The highest BCUT2D eigenvalue weighted by Gasteiger charge is 2.35. The third kappa shape index (κ3) is 3.09. The van der Waals surface area contributed by atoms with Crippen molar-refractivity contribution in [2.45, 2.75) is 25.7 Å². The van der Waals surface area contributed by atoms with Gasteiger partial charge < -0.3 is 10.6 Å². The molecule has 2 N–H and O–H groups in total. The van der Waals surface area contributed by atoms with E-state index in [1.165, 1.54) is 22.5 Å². The molecule has 2 atom stereocenters. The molecule has 2 heteroatoms. The molecule has 2 nitrogen and oxygen atoms in total. The standard InChI is InChI=1S/C23H26N2/c1-23(2,21-13-19(15-24-21)17-9-5-3-6-10-17)22-14-20(16-25-22)18-11-7-4-8-12-18/h3-14,19-20,24-25H,15-16H2,1-2H3/t19-,20?/m0/s1. The Balaban J connectivity index is 1.56. The minimum atomic E-state index is -0.0208. The van der Waals surface area contributed by atoms with Crippen LogP contribution in [0.25, 0.3) is 0 Å². The molecule has 2 heterocycles. The van der Waals surface area contributed by atoms with E-state index in [4.69, 9.17) is 0 Å². The molecule has 128 valence electrons. The average molecular weight is 330 g/mol. The average Bonchev–Trinajstić information content (AvgIpc) is 3.34. The monoisotopic (exact) mass is 330 g/mol. The highest BCUT2D eigenvalue weighted by molar-refractivity contribution is 5.38. The third-order valence-corrected chi connectivity index (χ3v) is 5.56. The molecule has 0 saturated carbocycles. The summed E-state index contributed by atoms with van der Waals surface area (Å²) in [4.78, 5) is 0. The van der Waals surface area contributed by atoms with E-state index in [1.807, 2.05) is 0 Å². The van der Waals surface area contributed by atoms with Crippen molar-refractivity contribution < 1.29 is 0 Å². The second kappa shape index (κ2) is 6.44. The summed E-state index contributed by atoms with van der Waals surface area (Å²) in [6.07, 6.45) is 4.82. The maximum atomic E-state index is 3.66.